The maximum atomic E-state index is 12.4. The molecule has 0 aliphatic heterocycles. The molecule has 1 fully saturated rings. The van der Waals surface area contributed by atoms with Crippen LogP contribution in [0.2, 0.25) is 10.0 Å². The summed E-state index contributed by atoms with van der Waals surface area (Å²) >= 11 is 11.9. The molecular formula is C12H12Cl2O2S. The lowest BCUT2D eigenvalue weighted by atomic mass is 10.1. The lowest BCUT2D eigenvalue weighted by Gasteiger charge is -2.14. The smallest absolute Gasteiger partial charge is 0.136 e. The number of carbonyl (C=O) groups excluding carboxylic acids is 1. The van der Waals surface area contributed by atoms with Crippen LogP contribution >= 0.6 is 23.2 Å². The van der Waals surface area contributed by atoms with Crippen LogP contribution in [0.3, 0.4) is 0 Å². The second kappa shape index (κ2) is 5.09. The van der Waals surface area contributed by atoms with Gasteiger partial charge < -0.3 is 0 Å². The third-order valence-electron chi connectivity index (χ3n) is 3.13. The maximum absolute atomic E-state index is 12.4. The van der Waals surface area contributed by atoms with Crippen LogP contribution in [-0.4, -0.2) is 15.2 Å². The van der Waals surface area contributed by atoms with Gasteiger partial charge in [0.2, 0.25) is 0 Å². The fourth-order valence-electron chi connectivity index (χ4n) is 2.06. The lowest BCUT2D eigenvalue weighted by molar-refractivity contribution is -0.120. The van der Waals surface area contributed by atoms with Crippen LogP contribution in [0.5, 0.6) is 0 Å². The zero-order valence-corrected chi connectivity index (χ0v) is 11.6. The molecule has 3 unspecified atom stereocenters. The van der Waals surface area contributed by atoms with E-state index in [1.807, 2.05) is 6.92 Å². The van der Waals surface area contributed by atoms with Crippen LogP contribution < -0.4 is 0 Å². The van der Waals surface area contributed by atoms with E-state index in [2.05, 4.69) is 0 Å². The standard InChI is InChI=1S/C12H12Cl2O2S/c1-7-10(15)4-5-11(7)17(16)12-6-8(13)2-3-9(12)14/h2-3,6-7,11H,4-5H2,1H3. The fraction of sp³-hybridized carbons (Fsp3) is 0.417. The summed E-state index contributed by atoms with van der Waals surface area (Å²) in [5, 5.41) is 0.812. The molecule has 1 aliphatic carbocycles. The first-order chi connectivity index (χ1) is 8.00. The van der Waals surface area contributed by atoms with E-state index in [9.17, 15) is 9.00 Å². The minimum atomic E-state index is -1.27. The van der Waals surface area contributed by atoms with E-state index in [0.29, 0.717) is 27.8 Å². The second-order valence-corrected chi connectivity index (χ2v) is 6.69. The van der Waals surface area contributed by atoms with Gasteiger partial charge in [0.05, 0.1) is 20.7 Å². The van der Waals surface area contributed by atoms with E-state index < -0.39 is 10.8 Å². The monoisotopic (exact) mass is 290 g/mol. The average molecular weight is 291 g/mol. The summed E-state index contributed by atoms with van der Waals surface area (Å²) in [6.07, 6.45) is 1.17. The number of hydrogen-bond acceptors (Lipinski definition) is 2. The van der Waals surface area contributed by atoms with Gasteiger partial charge >= 0.3 is 0 Å². The molecular weight excluding hydrogens is 279 g/mol. The summed E-state index contributed by atoms with van der Waals surface area (Å²) in [6.45, 7) is 1.83. The van der Waals surface area contributed by atoms with Crippen molar-refractivity contribution in [2.75, 3.05) is 0 Å². The first-order valence-electron chi connectivity index (χ1n) is 5.39. The van der Waals surface area contributed by atoms with Crippen LogP contribution in [0.4, 0.5) is 0 Å². The van der Waals surface area contributed by atoms with Gasteiger partial charge in [0, 0.05) is 22.6 Å². The maximum Gasteiger partial charge on any atom is 0.136 e. The molecule has 0 N–H and O–H groups in total. The Morgan fingerprint density at radius 3 is 2.65 bits per heavy atom. The van der Waals surface area contributed by atoms with E-state index >= 15 is 0 Å². The molecule has 3 atom stereocenters. The highest BCUT2D eigenvalue weighted by molar-refractivity contribution is 7.86. The predicted octanol–water partition coefficient (Wildman–Crippen LogP) is 3.47. The molecule has 92 valence electrons. The number of ketones is 1. The van der Waals surface area contributed by atoms with Crippen molar-refractivity contribution in [2.24, 2.45) is 5.92 Å². The van der Waals surface area contributed by atoms with Gasteiger partial charge in [-0.3, -0.25) is 9.00 Å². The third-order valence-corrected chi connectivity index (χ3v) is 5.77. The van der Waals surface area contributed by atoms with Gasteiger partial charge in [-0.1, -0.05) is 30.1 Å². The minimum Gasteiger partial charge on any atom is -0.299 e. The topological polar surface area (TPSA) is 34.1 Å². The van der Waals surface area contributed by atoms with Crippen molar-refractivity contribution in [2.45, 2.75) is 29.9 Å². The van der Waals surface area contributed by atoms with Crippen molar-refractivity contribution in [1.29, 1.82) is 0 Å². The van der Waals surface area contributed by atoms with Crippen LogP contribution in [0.1, 0.15) is 19.8 Å². The molecule has 0 saturated heterocycles. The van der Waals surface area contributed by atoms with Crippen LogP contribution in [0.25, 0.3) is 0 Å². The molecule has 0 radical (unpaired) electrons. The lowest BCUT2D eigenvalue weighted by Crippen LogP contribution is -2.21. The Labute approximate surface area is 113 Å². The first kappa shape index (κ1) is 13.1. The molecule has 1 aromatic carbocycles. The van der Waals surface area contributed by atoms with Gasteiger partial charge in [-0.05, 0) is 24.6 Å². The Balaban J connectivity index is 2.31. The molecule has 0 aromatic heterocycles. The van der Waals surface area contributed by atoms with Crippen molar-refractivity contribution in [3.63, 3.8) is 0 Å². The molecule has 2 nitrogen and oxygen atoms in total. The number of rotatable bonds is 2. The summed E-state index contributed by atoms with van der Waals surface area (Å²) in [5.74, 6) is 0.0207. The highest BCUT2D eigenvalue weighted by atomic mass is 35.5. The number of carbonyl (C=O) groups is 1. The molecule has 0 spiro atoms. The van der Waals surface area contributed by atoms with Gasteiger partial charge in [0.15, 0.2) is 0 Å². The molecule has 17 heavy (non-hydrogen) atoms. The second-order valence-electron chi connectivity index (χ2n) is 4.20. The number of halogens is 2. The van der Waals surface area contributed by atoms with Crippen molar-refractivity contribution >= 4 is 39.8 Å². The largest absolute Gasteiger partial charge is 0.299 e. The molecule has 0 heterocycles. The van der Waals surface area contributed by atoms with Crippen molar-refractivity contribution in [3.05, 3.63) is 28.2 Å². The van der Waals surface area contributed by atoms with E-state index in [4.69, 9.17) is 23.2 Å². The molecule has 0 amide bonds. The Morgan fingerprint density at radius 2 is 2.06 bits per heavy atom. The molecule has 5 heteroatoms. The highest BCUT2D eigenvalue weighted by Crippen LogP contribution is 2.33. The molecule has 1 aromatic rings. The van der Waals surface area contributed by atoms with E-state index in [0.717, 1.165) is 0 Å². The zero-order valence-electron chi connectivity index (χ0n) is 9.28. The van der Waals surface area contributed by atoms with Gasteiger partial charge in [-0.25, -0.2) is 0 Å². The summed E-state index contributed by atoms with van der Waals surface area (Å²) in [6, 6.07) is 4.92. The van der Waals surface area contributed by atoms with E-state index in [1.54, 1.807) is 18.2 Å². The molecule has 1 aliphatic rings. The van der Waals surface area contributed by atoms with Crippen molar-refractivity contribution in [1.82, 2.24) is 0 Å². The Kier molecular flexibility index (Phi) is 3.91. The Morgan fingerprint density at radius 1 is 1.35 bits per heavy atom. The number of Topliss-reactive ketones (excluding diaryl/α,β-unsaturated/α-hetero) is 1. The predicted molar refractivity (Wildman–Crippen MR) is 70.1 cm³/mol. The van der Waals surface area contributed by atoms with Crippen LogP contribution in [0.15, 0.2) is 23.1 Å². The zero-order chi connectivity index (χ0) is 12.6. The SMILES string of the molecule is CC1C(=O)CCC1S(=O)c1cc(Cl)ccc1Cl. The summed E-state index contributed by atoms with van der Waals surface area (Å²) < 4.78 is 12.4. The Bertz CT molecular complexity index is 487. The van der Waals surface area contributed by atoms with E-state index in [-0.39, 0.29) is 17.0 Å². The van der Waals surface area contributed by atoms with Gasteiger partial charge in [-0.15, -0.1) is 0 Å². The molecule has 2 rings (SSSR count). The quantitative estimate of drug-likeness (QED) is 0.836. The first-order valence-corrected chi connectivity index (χ1v) is 7.36. The van der Waals surface area contributed by atoms with Gasteiger partial charge in [0.1, 0.15) is 5.78 Å². The van der Waals surface area contributed by atoms with E-state index in [1.165, 1.54) is 0 Å². The van der Waals surface area contributed by atoms with Crippen LogP contribution in [0, 0.1) is 5.92 Å². The van der Waals surface area contributed by atoms with Gasteiger partial charge in [0.25, 0.3) is 0 Å². The summed E-state index contributed by atoms with van der Waals surface area (Å²) in [5.41, 5.74) is 0. The third kappa shape index (κ3) is 2.56. The average Bonchev–Trinajstić information content (AvgIpc) is 2.62. The van der Waals surface area contributed by atoms with Crippen LogP contribution in [-0.2, 0) is 15.6 Å². The van der Waals surface area contributed by atoms with Crippen molar-refractivity contribution < 1.29 is 9.00 Å². The molecule has 0 bridgehead atoms. The normalized spacial score (nSPS) is 26.2. The Hall–Kier alpha value is -0.380. The van der Waals surface area contributed by atoms with Crippen molar-refractivity contribution in [3.8, 4) is 0 Å². The highest BCUT2D eigenvalue weighted by Gasteiger charge is 2.36. The number of hydrogen-bond donors (Lipinski definition) is 0. The summed E-state index contributed by atoms with van der Waals surface area (Å²) in [7, 11) is -1.27. The summed E-state index contributed by atoms with van der Waals surface area (Å²) in [4.78, 5) is 12.0. The van der Waals surface area contributed by atoms with Gasteiger partial charge in [-0.2, -0.15) is 0 Å². The molecule has 1 saturated carbocycles. The fourth-order valence-corrected chi connectivity index (χ4v) is 4.32. The number of benzene rings is 1. The minimum absolute atomic E-state index is 0.140.